The van der Waals surface area contributed by atoms with Crippen LogP contribution in [-0.2, 0) is 6.18 Å². The number of carbonyl (C=O) groups excluding carboxylic acids is 1. The van der Waals surface area contributed by atoms with Gasteiger partial charge < -0.3 is 0 Å². The van der Waals surface area contributed by atoms with Crippen LogP contribution in [0, 0.1) is 5.82 Å². The third-order valence-corrected chi connectivity index (χ3v) is 2.51. The lowest BCUT2D eigenvalue weighted by molar-refractivity contribution is -0.137. The van der Waals surface area contributed by atoms with Crippen molar-refractivity contribution in [3.63, 3.8) is 0 Å². The van der Waals surface area contributed by atoms with Gasteiger partial charge in [0, 0.05) is 11.8 Å². The SMILES string of the molecule is O=Cc1ccnc(-c2cccc(C(F)(F)F)c2)c1F. The number of nitrogens with zero attached hydrogens (tertiary/aromatic N) is 1. The fourth-order valence-electron chi connectivity index (χ4n) is 1.59. The van der Waals surface area contributed by atoms with Gasteiger partial charge in [0.15, 0.2) is 12.1 Å². The molecule has 0 amide bonds. The monoisotopic (exact) mass is 269 g/mol. The molecule has 0 N–H and O–H groups in total. The molecule has 0 aliphatic carbocycles. The first-order valence-corrected chi connectivity index (χ1v) is 5.21. The van der Waals surface area contributed by atoms with E-state index >= 15 is 0 Å². The van der Waals surface area contributed by atoms with Crippen LogP contribution in [0.5, 0.6) is 0 Å². The minimum atomic E-state index is -4.52. The summed E-state index contributed by atoms with van der Waals surface area (Å²) in [4.78, 5) is 14.3. The fraction of sp³-hybridized carbons (Fsp3) is 0.0769. The number of aldehydes is 1. The van der Waals surface area contributed by atoms with Gasteiger partial charge in [0.2, 0.25) is 0 Å². The Balaban J connectivity index is 2.57. The molecule has 1 heterocycles. The molecule has 19 heavy (non-hydrogen) atoms. The van der Waals surface area contributed by atoms with E-state index in [9.17, 15) is 22.4 Å². The molecule has 2 rings (SSSR count). The van der Waals surface area contributed by atoms with Crippen LogP contribution >= 0.6 is 0 Å². The predicted octanol–water partition coefficient (Wildman–Crippen LogP) is 3.72. The van der Waals surface area contributed by atoms with Crippen molar-refractivity contribution in [2.24, 2.45) is 0 Å². The summed E-state index contributed by atoms with van der Waals surface area (Å²) in [5.74, 6) is -0.933. The maximum Gasteiger partial charge on any atom is 0.416 e. The van der Waals surface area contributed by atoms with Crippen molar-refractivity contribution in [2.75, 3.05) is 0 Å². The molecular formula is C13H7F4NO. The number of aromatic nitrogens is 1. The fourth-order valence-corrected chi connectivity index (χ4v) is 1.59. The predicted molar refractivity (Wildman–Crippen MR) is 60.0 cm³/mol. The Morgan fingerprint density at radius 1 is 1.16 bits per heavy atom. The molecule has 0 aliphatic heterocycles. The molecule has 0 fully saturated rings. The summed E-state index contributed by atoms with van der Waals surface area (Å²) >= 11 is 0. The van der Waals surface area contributed by atoms with E-state index in [2.05, 4.69) is 4.98 Å². The molecule has 0 aliphatic rings. The molecule has 98 valence electrons. The number of carbonyl (C=O) groups is 1. The number of halogens is 4. The van der Waals surface area contributed by atoms with Crippen molar-refractivity contribution < 1.29 is 22.4 Å². The van der Waals surface area contributed by atoms with Gasteiger partial charge in [-0.1, -0.05) is 12.1 Å². The number of alkyl halides is 3. The highest BCUT2D eigenvalue weighted by Crippen LogP contribution is 2.32. The van der Waals surface area contributed by atoms with Gasteiger partial charge in [-0.3, -0.25) is 9.78 Å². The summed E-state index contributed by atoms with van der Waals surface area (Å²) < 4.78 is 51.5. The van der Waals surface area contributed by atoms with Gasteiger partial charge in [-0.2, -0.15) is 13.2 Å². The molecule has 0 atom stereocenters. The van der Waals surface area contributed by atoms with Crippen molar-refractivity contribution >= 4 is 6.29 Å². The van der Waals surface area contributed by atoms with Gasteiger partial charge in [-0.15, -0.1) is 0 Å². The molecule has 1 aromatic carbocycles. The van der Waals surface area contributed by atoms with Crippen molar-refractivity contribution in [3.8, 4) is 11.3 Å². The van der Waals surface area contributed by atoms with Crippen molar-refractivity contribution in [1.82, 2.24) is 4.98 Å². The lowest BCUT2D eigenvalue weighted by Crippen LogP contribution is -2.05. The highest BCUT2D eigenvalue weighted by molar-refractivity contribution is 5.78. The van der Waals surface area contributed by atoms with E-state index in [0.29, 0.717) is 0 Å². The molecule has 0 spiro atoms. The topological polar surface area (TPSA) is 30.0 Å². The molecule has 0 bridgehead atoms. The normalized spacial score (nSPS) is 11.4. The molecular weight excluding hydrogens is 262 g/mol. The van der Waals surface area contributed by atoms with E-state index in [0.717, 1.165) is 24.3 Å². The lowest BCUT2D eigenvalue weighted by Gasteiger charge is -2.09. The molecule has 0 radical (unpaired) electrons. The lowest BCUT2D eigenvalue weighted by atomic mass is 10.1. The van der Waals surface area contributed by atoms with E-state index in [1.165, 1.54) is 12.3 Å². The van der Waals surface area contributed by atoms with Gasteiger partial charge in [-0.05, 0) is 18.2 Å². The Hall–Kier alpha value is -2.24. The van der Waals surface area contributed by atoms with Crippen molar-refractivity contribution in [2.45, 2.75) is 6.18 Å². The van der Waals surface area contributed by atoms with Gasteiger partial charge >= 0.3 is 6.18 Å². The molecule has 0 saturated heterocycles. The van der Waals surface area contributed by atoms with Crippen LogP contribution in [0.4, 0.5) is 17.6 Å². The van der Waals surface area contributed by atoms with E-state index in [4.69, 9.17) is 0 Å². The first-order valence-electron chi connectivity index (χ1n) is 5.21. The van der Waals surface area contributed by atoms with Crippen molar-refractivity contribution in [3.05, 3.63) is 53.5 Å². The summed E-state index contributed by atoms with van der Waals surface area (Å²) in [7, 11) is 0. The first-order chi connectivity index (χ1) is 8.93. The van der Waals surface area contributed by atoms with Crippen LogP contribution in [0.3, 0.4) is 0 Å². The highest BCUT2D eigenvalue weighted by Gasteiger charge is 2.30. The molecule has 2 nitrogen and oxygen atoms in total. The van der Waals surface area contributed by atoms with Crippen molar-refractivity contribution in [1.29, 1.82) is 0 Å². The minimum absolute atomic E-state index is 0.0315. The van der Waals surface area contributed by atoms with E-state index in [-0.39, 0.29) is 23.1 Å². The number of pyridine rings is 1. The third-order valence-electron chi connectivity index (χ3n) is 2.51. The highest BCUT2D eigenvalue weighted by atomic mass is 19.4. The van der Waals surface area contributed by atoms with Crippen LogP contribution in [0.2, 0.25) is 0 Å². The standard InChI is InChI=1S/C13H7F4NO/c14-11-9(7-19)4-5-18-12(11)8-2-1-3-10(6-8)13(15,16)17/h1-7H. The van der Waals surface area contributed by atoms with Gasteiger partial charge in [0.25, 0.3) is 0 Å². The Bertz CT molecular complexity index is 622. The second-order valence-electron chi connectivity index (χ2n) is 3.76. The van der Waals surface area contributed by atoms with Gasteiger partial charge in [0.05, 0.1) is 11.1 Å². The zero-order valence-corrected chi connectivity index (χ0v) is 9.41. The maximum atomic E-state index is 13.8. The molecule has 1 aromatic heterocycles. The van der Waals surface area contributed by atoms with Crippen LogP contribution in [0.25, 0.3) is 11.3 Å². The Morgan fingerprint density at radius 2 is 1.89 bits per heavy atom. The second kappa shape index (κ2) is 4.79. The average Bonchev–Trinajstić information content (AvgIpc) is 2.38. The molecule has 0 unspecified atom stereocenters. The minimum Gasteiger partial charge on any atom is -0.298 e. The zero-order valence-electron chi connectivity index (χ0n) is 9.41. The van der Waals surface area contributed by atoms with Crippen LogP contribution in [0.1, 0.15) is 15.9 Å². The quantitative estimate of drug-likeness (QED) is 0.614. The summed E-state index contributed by atoms with van der Waals surface area (Å²) in [6.07, 6.45) is -3.06. The Kier molecular flexibility index (Phi) is 3.33. The van der Waals surface area contributed by atoms with E-state index in [1.54, 1.807) is 0 Å². The first kappa shape index (κ1) is 13.2. The number of benzene rings is 1. The number of hydrogen-bond donors (Lipinski definition) is 0. The summed E-state index contributed by atoms with van der Waals surface area (Å²) in [5.41, 5.74) is -1.46. The van der Waals surface area contributed by atoms with Gasteiger partial charge in [0.1, 0.15) is 5.69 Å². The second-order valence-corrected chi connectivity index (χ2v) is 3.76. The Labute approximate surface area is 105 Å². The molecule has 2 aromatic rings. The van der Waals surface area contributed by atoms with Crippen LogP contribution in [0.15, 0.2) is 36.5 Å². The van der Waals surface area contributed by atoms with Crippen LogP contribution < -0.4 is 0 Å². The largest absolute Gasteiger partial charge is 0.416 e. The average molecular weight is 269 g/mol. The number of hydrogen-bond acceptors (Lipinski definition) is 2. The third kappa shape index (κ3) is 2.62. The number of rotatable bonds is 2. The summed E-state index contributed by atoms with van der Waals surface area (Å²) in [5, 5.41) is 0. The Morgan fingerprint density at radius 3 is 2.53 bits per heavy atom. The van der Waals surface area contributed by atoms with E-state index < -0.39 is 17.6 Å². The summed E-state index contributed by atoms with van der Waals surface area (Å²) in [6.45, 7) is 0. The maximum absolute atomic E-state index is 13.8. The molecule has 0 saturated carbocycles. The van der Waals surface area contributed by atoms with Crippen LogP contribution in [-0.4, -0.2) is 11.3 Å². The molecule has 6 heteroatoms. The smallest absolute Gasteiger partial charge is 0.298 e. The zero-order chi connectivity index (χ0) is 14.0. The van der Waals surface area contributed by atoms with E-state index in [1.807, 2.05) is 0 Å². The van der Waals surface area contributed by atoms with Gasteiger partial charge in [-0.25, -0.2) is 4.39 Å². The summed E-state index contributed by atoms with van der Waals surface area (Å²) in [6, 6.07) is 5.28.